The lowest BCUT2D eigenvalue weighted by Crippen LogP contribution is -1.97. The maximum Gasteiger partial charge on any atom is 0.311 e. The van der Waals surface area contributed by atoms with E-state index in [4.69, 9.17) is 4.74 Å². The van der Waals surface area contributed by atoms with Crippen molar-refractivity contribution in [2.45, 2.75) is 11.8 Å². The van der Waals surface area contributed by atoms with Gasteiger partial charge in [-0.1, -0.05) is 18.2 Å². The van der Waals surface area contributed by atoms with Crippen molar-refractivity contribution in [2.24, 2.45) is 0 Å². The molecular weight excluding hydrogens is 288 g/mol. The Balaban J connectivity index is 2.54. The summed E-state index contributed by atoms with van der Waals surface area (Å²) in [5, 5.41) is 20.4. The quantitative estimate of drug-likeness (QED) is 0.478. The van der Waals surface area contributed by atoms with E-state index in [0.29, 0.717) is 16.9 Å². The maximum absolute atomic E-state index is 11.1. The van der Waals surface area contributed by atoms with E-state index < -0.39 is 4.92 Å². The highest BCUT2D eigenvalue weighted by Crippen LogP contribution is 2.37. The molecule has 0 saturated heterocycles. The van der Waals surface area contributed by atoms with Gasteiger partial charge in [0.1, 0.15) is 17.4 Å². The highest BCUT2D eigenvalue weighted by Gasteiger charge is 2.19. The summed E-state index contributed by atoms with van der Waals surface area (Å²) in [7, 11) is 0. The van der Waals surface area contributed by atoms with Crippen LogP contribution in [0.3, 0.4) is 0 Å². The lowest BCUT2D eigenvalue weighted by atomic mass is 10.2. The van der Waals surface area contributed by atoms with Gasteiger partial charge in [-0.2, -0.15) is 5.26 Å². The van der Waals surface area contributed by atoms with Gasteiger partial charge in [0.2, 0.25) is 5.75 Å². The lowest BCUT2D eigenvalue weighted by Gasteiger charge is -2.11. The van der Waals surface area contributed by atoms with Crippen molar-refractivity contribution >= 4 is 17.4 Å². The number of hydrogen-bond acceptors (Lipinski definition) is 5. The second-order valence-electron chi connectivity index (χ2n) is 4.23. The van der Waals surface area contributed by atoms with E-state index >= 15 is 0 Å². The van der Waals surface area contributed by atoms with Gasteiger partial charge in [-0.25, -0.2) is 0 Å². The molecule has 106 valence electrons. The smallest absolute Gasteiger partial charge is 0.311 e. The fourth-order valence-electron chi connectivity index (χ4n) is 1.90. The van der Waals surface area contributed by atoms with Gasteiger partial charge in [0.05, 0.1) is 4.92 Å². The number of thioether (sulfide) groups is 1. The highest BCUT2D eigenvalue weighted by atomic mass is 32.2. The van der Waals surface area contributed by atoms with Crippen LogP contribution >= 0.6 is 11.8 Å². The number of nitriles is 1. The van der Waals surface area contributed by atoms with Crippen LogP contribution in [0.1, 0.15) is 11.1 Å². The summed E-state index contributed by atoms with van der Waals surface area (Å²) in [4.78, 5) is 11.4. The van der Waals surface area contributed by atoms with E-state index in [2.05, 4.69) is 6.07 Å². The second-order valence-corrected chi connectivity index (χ2v) is 5.08. The van der Waals surface area contributed by atoms with E-state index in [0.717, 1.165) is 4.90 Å². The molecule has 0 aliphatic rings. The maximum atomic E-state index is 11.1. The van der Waals surface area contributed by atoms with Gasteiger partial charge in [0.25, 0.3) is 0 Å². The molecule has 0 saturated carbocycles. The topological polar surface area (TPSA) is 76.2 Å². The van der Waals surface area contributed by atoms with Gasteiger partial charge in [-0.3, -0.25) is 10.1 Å². The molecule has 0 N–H and O–H groups in total. The van der Waals surface area contributed by atoms with E-state index in [1.807, 2.05) is 12.3 Å². The minimum Gasteiger partial charge on any atom is -0.448 e. The fraction of sp³-hybridized carbons (Fsp3) is 0.133. The van der Waals surface area contributed by atoms with Crippen molar-refractivity contribution in [1.82, 2.24) is 0 Å². The number of aryl methyl sites for hydroxylation is 1. The molecule has 0 fully saturated rings. The van der Waals surface area contributed by atoms with Crippen LogP contribution in [-0.2, 0) is 0 Å². The molecule has 2 rings (SSSR count). The van der Waals surface area contributed by atoms with Crippen LogP contribution in [0.4, 0.5) is 5.69 Å². The second kappa shape index (κ2) is 6.29. The van der Waals surface area contributed by atoms with E-state index in [-0.39, 0.29) is 11.4 Å². The predicted molar refractivity (Wildman–Crippen MR) is 80.8 cm³/mol. The molecule has 2 aromatic carbocycles. The Labute approximate surface area is 126 Å². The number of ether oxygens (including phenoxy) is 1. The summed E-state index contributed by atoms with van der Waals surface area (Å²) in [6.07, 6.45) is 1.86. The van der Waals surface area contributed by atoms with Crippen LogP contribution in [0.5, 0.6) is 11.5 Å². The number of nitro benzene ring substituents is 1. The summed E-state index contributed by atoms with van der Waals surface area (Å²) in [5.41, 5.74) is 0.902. The van der Waals surface area contributed by atoms with Gasteiger partial charge in [0.15, 0.2) is 0 Å². The highest BCUT2D eigenvalue weighted by molar-refractivity contribution is 7.98. The first-order valence-electron chi connectivity index (χ1n) is 6.07. The van der Waals surface area contributed by atoms with Crippen molar-refractivity contribution in [3.63, 3.8) is 0 Å². The summed E-state index contributed by atoms with van der Waals surface area (Å²) < 4.78 is 5.69. The third-order valence-corrected chi connectivity index (χ3v) is 3.70. The Morgan fingerprint density at radius 1 is 1.29 bits per heavy atom. The SMILES string of the molecule is CSc1cccc(Oc2c(C)cccc2[N+](=O)[O-])c1C#N. The van der Waals surface area contributed by atoms with Crippen LogP contribution in [0.2, 0.25) is 0 Å². The zero-order valence-electron chi connectivity index (χ0n) is 11.5. The summed E-state index contributed by atoms with van der Waals surface area (Å²) in [6.45, 7) is 1.73. The number of para-hydroxylation sites is 1. The van der Waals surface area contributed by atoms with Crippen molar-refractivity contribution in [3.05, 3.63) is 57.6 Å². The molecule has 5 nitrogen and oxygen atoms in total. The Bertz CT molecular complexity index is 738. The monoisotopic (exact) mass is 300 g/mol. The van der Waals surface area contributed by atoms with Gasteiger partial charge in [0, 0.05) is 11.0 Å². The summed E-state index contributed by atoms with van der Waals surface area (Å²) in [5.74, 6) is 0.485. The first-order valence-corrected chi connectivity index (χ1v) is 7.30. The Hall–Kier alpha value is -2.52. The standard InChI is InChI=1S/C15H12N2O3S/c1-10-5-3-6-12(17(18)19)15(10)20-13-7-4-8-14(21-2)11(13)9-16/h3-8H,1-2H3. The number of benzene rings is 2. The van der Waals surface area contributed by atoms with Crippen LogP contribution in [0.25, 0.3) is 0 Å². The zero-order chi connectivity index (χ0) is 15.4. The average molecular weight is 300 g/mol. The molecule has 0 radical (unpaired) electrons. The predicted octanol–water partition coefficient (Wildman–Crippen LogP) is 4.29. The third-order valence-electron chi connectivity index (χ3n) is 2.92. The number of hydrogen-bond donors (Lipinski definition) is 0. The van der Waals surface area contributed by atoms with Crippen LogP contribution in [0, 0.1) is 28.4 Å². The van der Waals surface area contributed by atoms with Crippen molar-refractivity contribution < 1.29 is 9.66 Å². The molecule has 2 aromatic rings. The van der Waals surface area contributed by atoms with Gasteiger partial charge in [-0.15, -0.1) is 11.8 Å². The normalized spacial score (nSPS) is 9.95. The van der Waals surface area contributed by atoms with Gasteiger partial charge >= 0.3 is 5.69 Å². The molecule has 0 heterocycles. The van der Waals surface area contributed by atoms with E-state index in [1.165, 1.54) is 17.8 Å². The molecule has 6 heteroatoms. The Morgan fingerprint density at radius 3 is 2.62 bits per heavy atom. The minimum absolute atomic E-state index is 0.117. The fourth-order valence-corrected chi connectivity index (χ4v) is 2.46. The molecule has 0 amide bonds. The third kappa shape index (κ3) is 2.98. The first-order chi connectivity index (χ1) is 10.1. The lowest BCUT2D eigenvalue weighted by molar-refractivity contribution is -0.385. The van der Waals surface area contributed by atoms with E-state index in [9.17, 15) is 15.4 Å². The van der Waals surface area contributed by atoms with Crippen LogP contribution in [0.15, 0.2) is 41.3 Å². The van der Waals surface area contributed by atoms with Crippen molar-refractivity contribution in [2.75, 3.05) is 6.26 Å². The molecule has 21 heavy (non-hydrogen) atoms. The van der Waals surface area contributed by atoms with E-state index in [1.54, 1.807) is 31.2 Å². The van der Waals surface area contributed by atoms with Gasteiger partial charge < -0.3 is 4.74 Å². The molecule has 0 aromatic heterocycles. The number of nitrogens with zero attached hydrogens (tertiary/aromatic N) is 2. The zero-order valence-corrected chi connectivity index (χ0v) is 12.3. The van der Waals surface area contributed by atoms with Crippen molar-refractivity contribution in [1.29, 1.82) is 5.26 Å². The number of nitro groups is 1. The molecule has 0 unspecified atom stereocenters. The minimum atomic E-state index is -0.493. The summed E-state index contributed by atoms with van der Waals surface area (Å²) in [6, 6.07) is 12.0. The van der Waals surface area contributed by atoms with Crippen molar-refractivity contribution in [3.8, 4) is 17.6 Å². The average Bonchev–Trinajstić information content (AvgIpc) is 2.48. The summed E-state index contributed by atoms with van der Waals surface area (Å²) >= 11 is 1.42. The molecular formula is C15H12N2O3S. The molecule has 0 bridgehead atoms. The largest absolute Gasteiger partial charge is 0.448 e. The first kappa shape index (κ1) is 14.9. The molecule has 0 aliphatic carbocycles. The van der Waals surface area contributed by atoms with Crippen LogP contribution in [-0.4, -0.2) is 11.2 Å². The van der Waals surface area contributed by atoms with Gasteiger partial charge in [-0.05, 0) is 30.9 Å². The number of rotatable bonds is 4. The molecule has 0 spiro atoms. The Morgan fingerprint density at radius 2 is 2.00 bits per heavy atom. The molecule has 0 aliphatic heterocycles. The molecule has 0 atom stereocenters. The van der Waals surface area contributed by atoms with Crippen LogP contribution < -0.4 is 4.74 Å². The Kier molecular flexibility index (Phi) is 4.45.